The Kier molecular flexibility index (Phi) is 4.76. The molecule has 1 fully saturated rings. The van der Waals surface area contributed by atoms with Gasteiger partial charge in [-0.05, 0) is 57.0 Å². The van der Waals surface area contributed by atoms with Crippen molar-refractivity contribution in [2.45, 2.75) is 39.2 Å². The van der Waals surface area contributed by atoms with Crippen LogP contribution in [0.25, 0.3) is 0 Å². The van der Waals surface area contributed by atoms with Crippen LogP contribution in [0.2, 0.25) is 0 Å². The number of benzene rings is 1. The summed E-state index contributed by atoms with van der Waals surface area (Å²) in [5.74, 6) is -0.172. The average Bonchev–Trinajstić information content (AvgIpc) is 2.47. The third-order valence-electron chi connectivity index (χ3n) is 4.42. The zero-order valence-corrected chi connectivity index (χ0v) is 12.2. The molecule has 0 spiro atoms. The van der Waals surface area contributed by atoms with Crippen molar-refractivity contribution in [3.05, 3.63) is 35.6 Å². The summed E-state index contributed by atoms with van der Waals surface area (Å²) in [5, 5.41) is 6.34. The first-order chi connectivity index (χ1) is 9.57. The Morgan fingerprint density at radius 1 is 1.45 bits per heavy atom. The molecule has 1 aliphatic rings. The molecule has 1 atom stereocenters. The Hall–Kier alpha value is -1.42. The van der Waals surface area contributed by atoms with Crippen LogP contribution in [0.15, 0.2) is 24.3 Å². The normalized spacial score (nSPS) is 19.4. The standard InChI is InChI=1S/C16H23FN2O/c1-3-16(7-9-18-10-8-16)15(20)19-12(2)13-5-4-6-14(17)11-13/h4-6,11-12,18H,3,7-10H2,1-2H3,(H,19,20). The van der Waals surface area contributed by atoms with Crippen LogP contribution in [0.1, 0.15) is 44.7 Å². The molecule has 1 amide bonds. The fourth-order valence-electron chi connectivity index (χ4n) is 2.86. The third-order valence-corrected chi connectivity index (χ3v) is 4.42. The first-order valence-electron chi connectivity index (χ1n) is 7.34. The van der Waals surface area contributed by atoms with Gasteiger partial charge in [-0.25, -0.2) is 4.39 Å². The van der Waals surface area contributed by atoms with Gasteiger partial charge in [-0.2, -0.15) is 0 Å². The highest BCUT2D eigenvalue weighted by Crippen LogP contribution is 2.33. The Morgan fingerprint density at radius 2 is 2.15 bits per heavy atom. The summed E-state index contributed by atoms with van der Waals surface area (Å²) in [7, 11) is 0. The fourth-order valence-corrected chi connectivity index (χ4v) is 2.86. The molecule has 1 heterocycles. The van der Waals surface area contributed by atoms with Crippen molar-refractivity contribution in [2.24, 2.45) is 5.41 Å². The topological polar surface area (TPSA) is 41.1 Å². The Balaban J connectivity index is 2.06. The van der Waals surface area contributed by atoms with Crippen LogP contribution in [-0.2, 0) is 4.79 Å². The summed E-state index contributed by atoms with van der Waals surface area (Å²) < 4.78 is 13.2. The molecule has 0 radical (unpaired) electrons. The monoisotopic (exact) mass is 278 g/mol. The summed E-state index contributed by atoms with van der Waals surface area (Å²) >= 11 is 0. The number of amides is 1. The summed E-state index contributed by atoms with van der Waals surface area (Å²) in [6.45, 7) is 5.74. The van der Waals surface area contributed by atoms with Gasteiger partial charge < -0.3 is 10.6 Å². The number of rotatable bonds is 4. The number of carbonyl (C=O) groups is 1. The summed E-state index contributed by atoms with van der Waals surface area (Å²) in [5.41, 5.74) is 0.533. The highest BCUT2D eigenvalue weighted by atomic mass is 19.1. The van der Waals surface area contributed by atoms with E-state index in [0.29, 0.717) is 0 Å². The van der Waals surface area contributed by atoms with Crippen LogP contribution in [0.5, 0.6) is 0 Å². The van der Waals surface area contributed by atoms with Crippen LogP contribution >= 0.6 is 0 Å². The number of hydrogen-bond donors (Lipinski definition) is 2. The van der Waals surface area contributed by atoms with Crippen molar-refractivity contribution in [3.63, 3.8) is 0 Å². The van der Waals surface area contributed by atoms with E-state index in [1.54, 1.807) is 6.07 Å². The number of carbonyl (C=O) groups excluding carboxylic acids is 1. The van der Waals surface area contributed by atoms with Gasteiger partial charge in [0, 0.05) is 0 Å². The molecule has 0 aromatic heterocycles. The molecule has 1 saturated heterocycles. The van der Waals surface area contributed by atoms with E-state index >= 15 is 0 Å². The maximum absolute atomic E-state index is 13.2. The molecular formula is C16H23FN2O. The molecule has 4 heteroatoms. The van der Waals surface area contributed by atoms with E-state index in [0.717, 1.165) is 37.9 Å². The van der Waals surface area contributed by atoms with E-state index in [1.165, 1.54) is 12.1 Å². The first kappa shape index (κ1) is 15.0. The van der Waals surface area contributed by atoms with Crippen molar-refractivity contribution in [1.29, 1.82) is 0 Å². The third kappa shape index (κ3) is 3.18. The van der Waals surface area contributed by atoms with Crippen molar-refractivity contribution >= 4 is 5.91 Å². The minimum absolute atomic E-state index is 0.0956. The first-order valence-corrected chi connectivity index (χ1v) is 7.34. The Morgan fingerprint density at radius 3 is 2.75 bits per heavy atom. The van der Waals surface area contributed by atoms with Gasteiger partial charge in [0.05, 0.1) is 11.5 Å². The number of halogens is 1. The lowest BCUT2D eigenvalue weighted by atomic mass is 9.75. The van der Waals surface area contributed by atoms with E-state index in [1.807, 2.05) is 13.0 Å². The van der Waals surface area contributed by atoms with Gasteiger partial charge in [0.25, 0.3) is 0 Å². The van der Waals surface area contributed by atoms with Crippen molar-refractivity contribution < 1.29 is 9.18 Å². The molecule has 20 heavy (non-hydrogen) atoms. The smallest absolute Gasteiger partial charge is 0.226 e. The van der Waals surface area contributed by atoms with Gasteiger partial charge in [0.2, 0.25) is 5.91 Å². The quantitative estimate of drug-likeness (QED) is 0.889. The van der Waals surface area contributed by atoms with E-state index in [4.69, 9.17) is 0 Å². The van der Waals surface area contributed by atoms with Gasteiger partial charge >= 0.3 is 0 Å². The molecule has 2 N–H and O–H groups in total. The molecule has 0 bridgehead atoms. The number of hydrogen-bond acceptors (Lipinski definition) is 2. The van der Waals surface area contributed by atoms with E-state index in [2.05, 4.69) is 17.6 Å². The number of nitrogens with one attached hydrogen (secondary N) is 2. The molecule has 0 aliphatic carbocycles. The van der Waals surface area contributed by atoms with E-state index in [-0.39, 0.29) is 23.2 Å². The highest BCUT2D eigenvalue weighted by molar-refractivity contribution is 5.83. The lowest BCUT2D eigenvalue weighted by Gasteiger charge is -2.36. The highest BCUT2D eigenvalue weighted by Gasteiger charge is 2.38. The molecule has 1 unspecified atom stereocenters. The Bertz CT molecular complexity index is 469. The number of piperidine rings is 1. The molecule has 1 aromatic rings. The lowest BCUT2D eigenvalue weighted by molar-refractivity contribution is -0.133. The predicted molar refractivity (Wildman–Crippen MR) is 77.8 cm³/mol. The second kappa shape index (κ2) is 6.35. The van der Waals surface area contributed by atoms with Crippen LogP contribution in [0.3, 0.4) is 0 Å². The summed E-state index contributed by atoms with van der Waals surface area (Å²) in [6, 6.07) is 6.24. The van der Waals surface area contributed by atoms with E-state index < -0.39 is 0 Å². The van der Waals surface area contributed by atoms with Crippen molar-refractivity contribution in [3.8, 4) is 0 Å². The molecule has 1 aliphatic heterocycles. The molecule has 3 nitrogen and oxygen atoms in total. The van der Waals surface area contributed by atoms with Crippen LogP contribution in [0, 0.1) is 11.2 Å². The molecule has 1 aromatic carbocycles. The minimum Gasteiger partial charge on any atom is -0.349 e. The average molecular weight is 278 g/mol. The molecular weight excluding hydrogens is 255 g/mol. The van der Waals surface area contributed by atoms with Gasteiger partial charge in [0.15, 0.2) is 0 Å². The summed E-state index contributed by atoms with van der Waals surface area (Å²) in [6.07, 6.45) is 2.58. The molecule has 110 valence electrons. The van der Waals surface area contributed by atoms with Crippen molar-refractivity contribution in [2.75, 3.05) is 13.1 Å². The maximum atomic E-state index is 13.2. The van der Waals surface area contributed by atoms with Gasteiger partial charge in [0.1, 0.15) is 5.82 Å². The summed E-state index contributed by atoms with van der Waals surface area (Å²) in [4.78, 5) is 12.6. The Labute approximate surface area is 120 Å². The van der Waals surface area contributed by atoms with Crippen LogP contribution in [0.4, 0.5) is 4.39 Å². The van der Waals surface area contributed by atoms with Crippen LogP contribution in [-0.4, -0.2) is 19.0 Å². The molecule has 0 saturated carbocycles. The van der Waals surface area contributed by atoms with Gasteiger partial charge in [-0.15, -0.1) is 0 Å². The lowest BCUT2D eigenvalue weighted by Crippen LogP contribution is -2.47. The van der Waals surface area contributed by atoms with Gasteiger partial charge in [-0.1, -0.05) is 19.1 Å². The fraction of sp³-hybridized carbons (Fsp3) is 0.562. The SMILES string of the molecule is CCC1(C(=O)NC(C)c2cccc(F)c2)CCNCC1. The van der Waals surface area contributed by atoms with Crippen LogP contribution < -0.4 is 10.6 Å². The predicted octanol–water partition coefficient (Wildman–Crippen LogP) is 2.78. The second-order valence-electron chi connectivity index (χ2n) is 5.63. The zero-order chi connectivity index (χ0) is 14.6. The second-order valence-corrected chi connectivity index (χ2v) is 5.63. The maximum Gasteiger partial charge on any atom is 0.226 e. The van der Waals surface area contributed by atoms with Gasteiger partial charge in [-0.3, -0.25) is 4.79 Å². The largest absolute Gasteiger partial charge is 0.349 e. The van der Waals surface area contributed by atoms with Crippen molar-refractivity contribution in [1.82, 2.24) is 10.6 Å². The minimum atomic E-state index is -0.271. The van der Waals surface area contributed by atoms with E-state index in [9.17, 15) is 9.18 Å². The molecule has 2 rings (SSSR count). The zero-order valence-electron chi connectivity index (χ0n) is 12.2.